The fourth-order valence-corrected chi connectivity index (χ4v) is 2.27. The SMILES string of the molecule is CC1(CNC(=O)C2(C(F)(F)F)CCNC2)COC1. The van der Waals surface area contributed by atoms with Crippen LogP contribution in [0.1, 0.15) is 13.3 Å². The van der Waals surface area contributed by atoms with Crippen molar-refractivity contribution >= 4 is 5.91 Å². The second kappa shape index (κ2) is 4.38. The van der Waals surface area contributed by atoms with Crippen LogP contribution in [0, 0.1) is 10.8 Å². The van der Waals surface area contributed by atoms with Gasteiger partial charge in [-0.2, -0.15) is 13.2 Å². The third-order valence-corrected chi connectivity index (χ3v) is 3.71. The topological polar surface area (TPSA) is 50.4 Å². The van der Waals surface area contributed by atoms with Gasteiger partial charge in [0.05, 0.1) is 13.2 Å². The summed E-state index contributed by atoms with van der Waals surface area (Å²) in [6.45, 7) is 2.94. The van der Waals surface area contributed by atoms with Crippen LogP contribution < -0.4 is 10.6 Å². The summed E-state index contributed by atoms with van der Waals surface area (Å²) in [7, 11) is 0. The number of halogens is 3. The predicted octanol–water partition coefficient (Wildman–Crippen LogP) is 0.681. The van der Waals surface area contributed by atoms with Gasteiger partial charge in [-0.1, -0.05) is 6.92 Å². The summed E-state index contributed by atoms with van der Waals surface area (Å²) in [6.07, 6.45) is -4.72. The second-order valence-electron chi connectivity index (χ2n) is 5.49. The maximum atomic E-state index is 13.1. The average Bonchev–Trinajstić information content (AvgIpc) is 2.72. The highest BCUT2D eigenvalue weighted by atomic mass is 19.4. The largest absolute Gasteiger partial charge is 0.404 e. The number of amides is 1. The Morgan fingerprint density at radius 2 is 2.11 bits per heavy atom. The predicted molar refractivity (Wildman–Crippen MR) is 57.9 cm³/mol. The van der Waals surface area contributed by atoms with Crippen LogP contribution in [-0.4, -0.2) is 44.9 Å². The number of carbonyl (C=O) groups excluding carboxylic acids is 1. The van der Waals surface area contributed by atoms with Crippen molar-refractivity contribution in [3.63, 3.8) is 0 Å². The molecule has 0 bridgehead atoms. The maximum absolute atomic E-state index is 13.1. The molecular formula is C11H17F3N2O2. The molecule has 0 spiro atoms. The van der Waals surface area contributed by atoms with Crippen LogP contribution in [0.5, 0.6) is 0 Å². The van der Waals surface area contributed by atoms with Crippen molar-refractivity contribution in [2.75, 3.05) is 32.8 Å². The van der Waals surface area contributed by atoms with Crippen LogP contribution in [0.15, 0.2) is 0 Å². The molecule has 0 aliphatic carbocycles. The van der Waals surface area contributed by atoms with Gasteiger partial charge in [-0.05, 0) is 13.0 Å². The van der Waals surface area contributed by atoms with Crippen LogP contribution in [0.4, 0.5) is 13.2 Å². The minimum Gasteiger partial charge on any atom is -0.380 e. The van der Waals surface area contributed by atoms with Crippen molar-refractivity contribution in [3.05, 3.63) is 0 Å². The van der Waals surface area contributed by atoms with E-state index in [1.54, 1.807) is 0 Å². The van der Waals surface area contributed by atoms with Gasteiger partial charge >= 0.3 is 6.18 Å². The first kappa shape index (κ1) is 13.6. The van der Waals surface area contributed by atoms with Crippen molar-refractivity contribution in [2.45, 2.75) is 19.5 Å². The molecule has 18 heavy (non-hydrogen) atoms. The number of ether oxygens (including phenoxy) is 1. The second-order valence-corrected chi connectivity index (χ2v) is 5.49. The Hall–Kier alpha value is -0.820. The zero-order valence-electron chi connectivity index (χ0n) is 10.2. The van der Waals surface area contributed by atoms with E-state index in [9.17, 15) is 18.0 Å². The summed E-state index contributed by atoms with van der Waals surface area (Å²) in [6, 6.07) is 0. The highest BCUT2D eigenvalue weighted by Crippen LogP contribution is 2.43. The van der Waals surface area contributed by atoms with E-state index in [-0.39, 0.29) is 31.5 Å². The summed E-state index contributed by atoms with van der Waals surface area (Å²) in [5.74, 6) is -0.923. The molecule has 2 saturated heterocycles. The third-order valence-electron chi connectivity index (χ3n) is 3.71. The van der Waals surface area contributed by atoms with E-state index in [1.807, 2.05) is 6.92 Å². The zero-order chi connectivity index (χ0) is 13.4. The lowest BCUT2D eigenvalue weighted by molar-refractivity contribution is -0.216. The van der Waals surface area contributed by atoms with Crippen molar-refractivity contribution in [2.24, 2.45) is 10.8 Å². The van der Waals surface area contributed by atoms with Crippen molar-refractivity contribution in [3.8, 4) is 0 Å². The van der Waals surface area contributed by atoms with E-state index in [0.717, 1.165) is 0 Å². The minimum absolute atomic E-state index is 0.199. The number of hydrogen-bond acceptors (Lipinski definition) is 3. The van der Waals surface area contributed by atoms with E-state index >= 15 is 0 Å². The van der Waals surface area contributed by atoms with Gasteiger partial charge in [-0.15, -0.1) is 0 Å². The van der Waals surface area contributed by atoms with E-state index < -0.39 is 17.5 Å². The molecule has 1 unspecified atom stereocenters. The van der Waals surface area contributed by atoms with Crippen LogP contribution >= 0.6 is 0 Å². The number of carbonyl (C=O) groups is 1. The Balaban J connectivity index is 2.01. The van der Waals surface area contributed by atoms with Crippen LogP contribution in [0.2, 0.25) is 0 Å². The summed E-state index contributed by atoms with van der Waals surface area (Å²) in [4.78, 5) is 11.9. The summed E-state index contributed by atoms with van der Waals surface area (Å²) in [5, 5.41) is 5.06. The first-order valence-corrected chi connectivity index (χ1v) is 5.93. The molecule has 2 fully saturated rings. The van der Waals surface area contributed by atoms with E-state index in [2.05, 4.69) is 10.6 Å². The lowest BCUT2D eigenvalue weighted by Crippen LogP contribution is -2.56. The highest BCUT2D eigenvalue weighted by molar-refractivity contribution is 5.84. The van der Waals surface area contributed by atoms with Gasteiger partial charge in [-0.3, -0.25) is 4.79 Å². The fraction of sp³-hybridized carbons (Fsp3) is 0.909. The van der Waals surface area contributed by atoms with Crippen molar-refractivity contribution in [1.82, 2.24) is 10.6 Å². The van der Waals surface area contributed by atoms with Crippen LogP contribution in [0.25, 0.3) is 0 Å². The molecule has 2 aliphatic heterocycles. The van der Waals surface area contributed by atoms with Gasteiger partial charge < -0.3 is 15.4 Å². The Bertz CT molecular complexity index is 334. The van der Waals surface area contributed by atoms with Gasteiger partial charge in [0.1, 0.15) is 0 Å². The molecule has 0 aromatic carbocycles. The lowest BCUT2D eigenvalue weighted by atomic mass is 9.83. The maximum Gasteiger partial charge on any atom is 0.404 e. The average molecular weight is 266 g/mol. The minimum atomic E-state index is -4.52. The zero-order valence-corrected chi connectivity index (χ0v) is 10.2. The number of nitrogens with one attached hydrogen (secondary N) is 2. The molecule has 1 atom stereocenters. The number of rotatable bonds is 3. The van der Waals surface area contributed by atoms with Crippen LogP contribution in [-0.2, 0) is 9.53 Å². The third kappa shape index (κ3) is 2.21. The first-order chi connectivity index (χ1) is 8.29. The molecule has 0 radical (unpaired) electrons. The number of alkyl halides is 3. The highest BCUT2D eigenvalue weighted by Gasteiger charge is 2.61. The molecule has 7 heteroatoms. The fourth-order valence-electron chi connectivity index (χ4n) is 2.27. The smallest absolute Gasteiger partial charge is 0.380 e. The normalized spacial score (nSPS) is 30.9. The summed E-state index contributed by atoms with van der Waals surface area (Å²) < 4.78 is 44.2. The van der Waals surface area contributed by atoms with Gasteiger partial charge in [-0.25, -0.2) is 0 Å². The Morgan fingerprint density at radius 1 is 1.44 bits per heavy atom. The van der Waals surface area contributed by atoms with Gasteiger partial charge in [0.25, 0.3) is 0 Å². The first-order valence-electron chi connectivity index (χ1n) is 5.93. The molecule has 0 saturated carbocycles. The van der Waals surface area contributed by atoms with E-state index in [0.29, 0.717) is 13.2 Å². The molecule has 104 valence electrons. The molecule has 1 amide bonds. The summed E-state index contributed by atoms with van der Waals surface area (Å²) in [5.41, 5.74) is -2.50. The van der Waals surface area contributed by atoms with Crippen LogP contribution in [0.3, 0.4) is 0 Å². The van der Waals surface area contributed by atoms with Gasteiger partial charge in [0.2, 0.25) is 5.91 Å². The Kier molecular flexibility index (Phi) is 3.31. The van der Waals surface area contributed by atoms with E-state index in [1.165, 1.54) is 0 Å². The molecular weight excluding hydrogens is 249 g/mol. The quantitative estimate of drug-likeness (QED) is 0.790. The number of hydrogen-bond donors (Lipinski definition) is 2. The van der Waals surface area contributed by atoms with Crippen molar-refractivity contribution < 1.29 is 22.7 Å². The monoisotopic (exact) mass is 266 g/mol. The molecule has 2 rings (SSSR count). The molecule has 0 aromatic heterocycles. The van der Waals surface area contributed by atoms with Gasteiger partial charge in [0, 0.05) is 18.5 Å². The lowest BCUT2D eigenvalue weighted by Gasteiger charge is -2.39. The molecule has 2 aliphatic rings. The van der Waals surface area contributed by atoms with E-state index in [4.69, 9.17) is 4.74 Å². The Labute approximate surface area is 103 Å². The summed E-state index contributed by atoms with van der Waals surface area (Å²) >= 11 is 0. The Morgan fingerprint density at radius 3 is 2.50 bits per heavy atom. The van der Waals surface area contributed by atoms with Gasteiger partial charge in [0.15, 0.2) is 5.41 Å². The molecule has 4 nitrogen and oxygen atoms in total. The molecule has 0 aromatic rings. The molecule has 2 N–H and O–H groups in total. The standard InChI is InChI=1S/C11H17F3N2O2/c1-9(6-18-7-9)4-16-8(17)10(11(12,13)14)2-3-15-5-10/h15H,2-7H2,1H3,(H,16,17). The molecule has 2 heterocycles. The van der Waals surface area contributed by atoms with Crippen molar-refractivity contribution in [1.29, 1.82) is 0 Å².